The third-order valence-electron chi connectivity index (χ3n) is 6.44. The molecule has 2 aliphatic heterocycles. The second-order valence-electron chi connectivity index (χ2n) is 8.19. The van der Waals surface area contributed by atoms with Crippen LogP contribution in [0.1, 0.15) is 44.9 Å². The largest absolute Gasteiger partial charge is 0.480 e. The maximum Gasteiger partial charge on any atom is 0.320 e. The molecule has 1 aromatic heterocycles. The molecule has 1 N–H and O–H groups in total. The second kappa shape index (κ2) is 6.68. The molecule has 0 radical (unpaired) electrons. The van der Waals surface area contributed by atoms with Gasteiger partial charge in [-0.3, -0.25) is 14.5 Å². The van der Waals surface area contributed by atoms with Crippen LogP contribution in [0.2, 0.25) is 0 Å². The second-order valence-corrected chi connectivity index (χ2v) is 8.19. The lowest BCUT2D eigenvalue weighted by atomic mass is 9.76. The first-order valence-electron chi connectivity index (χ1n) is 9.77. The number of likely N-dealkylation sites (tertiary alicyclic amines) is 2. The molecule has 3 fully saturated rings. The number of carbonyl (C=O) groups is 2. The van der Waals surface area contributed by atoms with Crippen LogP contribution in [-0.4, -0.2) is 62.0 Å². The molecule has 3 aliphatic rings. The summed E-state index contributed by atoms with van der Waals surface area (Å²) in [6.07, 6.45) is 8.31. The molecular weight excluding hydrogens is 332 g/mol. The highest BCUT2D eigenvalue weighted by Gasteiger charge is 2.49. The molecule has 1 saturated carbocycles. The number of aryl methyl sites for hydroxylation is 1. The summed E-state index contributed by atoms with van der Waals surface area (Å²) in [5.74, 6) is 0.767. The Kier molecular flexibility index (Phi) is 4.50. The van der Waals surface area contributed by atoms with Crippen LogP contribution < -0.4 is 0 Å². The smallest absolute Gasteiger partial charge is 0.320 e. The number of carboxylic acid groups (broad SMARTS) is 1. The molecule has 1 unspecified atom stereocenters. The zero-order chi connectivity index (χ0) is 18.3. The van der Waals surface area contributed by atoms with Gasteiger partial charge in [-0.2, -0.15) is 0 Å². The van der Waals surface area contributed by atoms with E-state index in [4.69, 9.17) is 0 Å². The van der Waals surface area contributed by atoms with Gasteiger partial charge in [0.2, 0.25) is 5.91 Å². The number of hydrogen-bond donors (Lipinski definition) is 1. The first kappa shape index (κ1) is 17.5. The number of carbonyl (C=O) groups excluding carboxylic acids is 1. The lowest BCUT2D eigenvalue weighted by molar-refractivity contribution is -0.142. The van der Waals surface area contributed by atoms with Gasteiger partial charge in [0, 0.05) is 44.5 Å². The highest BCUT2D eigenvalue weighted by atomic mass is 16.4. The van der Waals surface area contributed by atoms with Gasteiger partial charge >= 0.3 is 5.97 Å². The van der Waals surface area contributed by atoms with Gasteiger partial charge in [0.05, 0.1) is 6.54 Å². The van der Waals surface area contributed by atoms with E-state index in [1.807, 2.05) is 11.1 Å². The zero-order valence-corrected chi connectivity index (χ0v) is 15.4. The standard InChI is InChI=1S/C19H28N4O3/c1-2-21-10-7-20-16(21)12-23-13-19(11-15(23)18(25)26)5-8-22(9-6-19)17(24)14-3-4-14/h7,10,14-15H,2-6,8-9,11-13H2,1H3,(H,25,26). The third kappa shape index (κ3) is 3.24. The van der Waals surface area contributed by atoms with Crippen LogP contribution in [0.15, 0.2) is 12.4 Å². The Balaban J connectivity index is 1.44. The maximum absolute atomic E-state index is 12.3. The fourth-order valence-electron chi connectivity index (χ4n) is 4.67. The average Bonchev–Trinajstić information content (AvgIpc) is 3.29. The molecule has 2 saturated heterocycles. The lowest BCUT2D eigenvalue weighted by Crippen LogP contribution is -2.44. The van der Waals surface area contributed by atoms with Crippen LogP contribution in [0.4, 0.5) is 0 Å². The number of aliphatic carboxylic acids is 1. The first-order chi connectivity index (χ1) is 12.5. The van der Waals surface area contributed by atoms with Crippen LogP contribution in [0, 0.1) is 11.3 Å². The van der Waals surface area contributed by atoms with E-state index in [2.05, 4.69) is 21.4 Å². The topological polar surface area (TPSA) is 78.7 Å². The Labute approximate surface area is 154 Å². The summed E-state index contributed by atoms with van der Waals surface area (Å²) in [7, 11) is 0. The Morgan fingerprint density at radius 2 is 2.04 bits per heavy atom. The number of rotatable bonds is 5. The predicted octanol–water partition coefficient (Wildman–Crippen LogP) is 1.58. The van der Waals surface area contributed by atoms with Crippen LogP contribution in [0.3, 0.4) is 0 Å². The van der Waals surface area contributed by atoms with E-state index < -0.39 is 12.0 Å². The van der Waals surface area contributed by atoms with Crippen LogP contribution in [0.25, 0.3) is 0 Å². The van der Waals surface area contributed by atoms with E-state index >= 15 is 0 Å². The maximum atomic E-state index is 12.3. The SMILES string of the molecule is CCn1ccnc1CN1CC2(CCN(C(=O)C3CC3)CC2)CC1C(=O)O. The third-order valence-corrected chi connectivity index (χ3v) is 6.44. The van der Waals surface area contributed by atoms with Crippen molar-refractivity contribution in [3.8, 4) is 0 Å². The van der Waals surface area contributed by atoms with E-state index in [-0.39, 0.29) is 11.3 Å². The number of carboxylic acids is 1. The van der Waals surface area contributed by atoms with Crippen molar-refractivity contribution in [2.45, 2.75) is 58.2 Å². The van der Waals surface area contributed by atoms with Crippen molar-refractivity contribution in [2.75, 3.05) is 19.6 Å². The molecule has 1 aromatic rings. The number of amides is 1. The fourth-order valence-corrected chi connectivity index (χ4v) is 4.67. The number of hydrogen-bond acceptors (Lipinski definition) is 4. The summed E-state index contributed by atoms with van der Waals surface area (Å²) >= 11 is 0. The minimum absolute atomic E-state index is 0.0209. The van der Waals surface area contributed by atoms with Crippen molar-refractivity contribution in [2.24, 2.45) is 11.3 Å². The summed E-state index contributed by atoms with van der Waals surface area (Å²) in [6.45, 7) is 5.82. The van der Waals surface area contributed by atoms with Gasteiger partial charge < -0.3 is 14.6 Å². The first-order valence-corrected chi connectivity index (χ1v) is 9.77. The van der Waals surface area contributed by atoms with Gasteiger partial charge in [0.15, 0.2) is 0 Å². The van der Waals surface area contributed by atoms with Gasteiger partial charge in [-0.1, -0.05) is 0 Å². The van der Waals surface area contributed by atoms with Gasteiger partial charge in [-0.15, -0.1) is 0 Å². The molecule has 1 amide bonds. The van der Waals surface area contributed by atoms with Gasteiger partial charge in [-0.05, 0) is 44.4 Å². The number of aromatic nitrogens is 2. The van der Waals surface area contributed by atoms with Crippen molar-refractivity contribution >= 4 is 11.9 Å². The molecule has 7 nitrogen and oxygen atoms in total. The normalized spacial score (nSPS) is 25.7. The van der Waals surface area contributed by atoms with Crippen LogP contribution in [-0.2, 0) is 22.7 Å². The summed E-state index contributed by atoms with van der Waals surface area (Å²) < 4.78 is 2.07. The van der Waals surface area contributed by atoms with E-state index in [1.54, 1.807) is 6.20 Å². The van der Waals surface area contributed by atoms with E-state index in [9.17, 15) is 14.7 Å². The molecular formula is C19H28N4O3. The molecule has 0 bridgehead atoms. The van der Waals surface area contributed by atoms with Gasteiger partial charge in [0.1, 0.15) is 11.9 Å². The molecule has 1 aliphatic carbocycles. The van der Waals surface area contributed by atoms with E-state index in [0.717, 1.165) is 57.7 Å². The molecule has 1 spiro atoms. The van der Waals surface area contributed by atoms with E-state index in [0.29, 0.717) is 18.9 Å². The summed E-state index contributed by atoms with van der Waals surface area (Å²) in [5.41, 5.74) is 0.0209. The molecule has 142 valence electrons. The predicted molar refractivity (Wildman–Crippen MR) is 95.3 cm³/mol. The van der Waals surface area contributed by atoms with Crippen molar-refractivity contribution in [1.29, 1.82) is 0 Å². The fraction of sp³-hybridized carbons (Fsp3) is 0.737. The Morgan fingerprint density at radius 3 is 2.65 bits per heavy atom. The van der Waals surface area contributed by atoms with Crippen LogP contribution in [0.5, 0.6) is 0 Å². The van der Waals surface area contributed by atoms with Gasteiger partial charge in [-0.25, -0.2) is 4.98 Å². The Bertz CT molecular complexity index is 689. The van der Waals surface area contributed by atoms with Crippen molar-refractivity contribution in [1.82, 2.24) is 19.4 Å². The lowest BCUT2D eigenvalue weighted by Gasteiger charge is -2.39. The van der Waals surface area contributed by atoms with Crippen molar-refractivity contribution in [3.63, 3.8) is 0 Å². The number of nitrogens with zero attached hydrogens (tertiary/aromatic N) is 4. The highest BCUT2D eigenvalue weighted by Crippen LogP contribution is 2.44. The zero-order valence-electron chi connectivity index (χ0n) is 15.4. The minimum atomic E-state index is -0.743. The monoisotopic (exact) mass is 360 g/mol. The molecule has 1 atom stereocenters. The Morgan fingerprint density at radius 1 is 1.31 bits per heavy atom. The molecule has 7 heteroatoms. The molecule has 26 heavy (non-hydrogen) atoms. The van der Waals surface area contributed by atoms with E-state index in [1.165, 1.54) is 0 Å². The number of piperidine rings is 1. The van der Waals surface area contributed by atoms with Crippen molar-refractivity contribution in [3.05, 3.63) is 18.2 Å². The minimum Gasteiger partial charge on any atom is -0.480 e. The number of imidazole rings is 1. The van der Waals surface area contributed by atoms with Crippen molar-refractivity contribution < 1.29 is 14.7 Å². The molecule has 4 rings (SSSR count). The quantitative estimate of drug-likeness (QED) is 0.862. The highest BCUT2D eigenvalue weighted by molar-refractivity contribution is 5.81. The molecule has 0 aromatic carbocycles. The average molecular weight is 360 g/mol. The summed E-state index contributed by atoms with van der Waals surface area (Å²) in [5, 5.41) is 9.74. The summed E-state index contributed by atoms with van der Waals surface area (Å²) in [6, 6.07) is -0.456. The van der Waals surface area contributed by atoms with Gasteiger partial charge in [0.25, 0.3) is 0 Å². The Hall–Kier alpha value is -1.89. The summed E-state index contributed by atoms with van der Waals surface area (Å²) in [4.78, 5) is 32.6. The molecule has 3 heterocycles. The van der Waals surface area contributed by atoms with Crippen LogP contribution >= 0.6 is 0 Å².